The number of hydrogen-bond acceptors (Lipinski definition) is 5. The fourth-order valence-corrected chi connectivity index (χ4v) is 4.43. The lowest BCUT2D eigenvalue weighted by atomic mass is 9.76. The Bertz CT molecular complexity index is 779. The number of rotatable bonds is 4. The molecule has 2 heterocycles. The Kier molecular flexibility index (Phi) is 4.19. The van der Waals surface area contributed by atoms with Gasteiger partial charge in [-0.3, -0.25) is 4.90 Å². The van der Waals surface area contributed by atoms with Crippen LogP contribution in [0.3, 0.4) is 0 Å². The van der Waals surface area contributed by atoms with E-state index in [0.717, 1.165) is 35.8 Å². The summed E-state index contributed by atoms with van der Waals surface area (Å²) in [5.74, 6) is 3.16. The van der Waals surface area contributed by atoms with Crippen LogP contribution in [0.2, 0.25) is 0 Å². The van der Waals surface area contributed by atoms with Gasteiger partial charge in [-0.1, -0.05) is 0 Å². The molecule has 0 aliphatic carbocycles. The molecule has 0 aromatic heterocycles. The van der Waals surface area contributed by atoms with E-state index in [1.54, 1.807) is 28.4 Å². The summed E-state index contributed by atoms with van der Waals surface area (Å²) in [5, 5.41) is 0. The third-order valence-electron chi connectivity index (χ3n) is 5.82. The molecule has 0 fully saturated rings. The van der Waals surface area contributed by atoms with Gasteiger partial charge in [0.1, 0.15) is 0 Å². The zero-order valence-electron chi connectivity index (χ0n) is 16.0. The molecular formula is C21H25NO4. The first-order chi connectivity index (χ1) is 12.6. The molecule has 0 spiro atoms. The van der Waals surface area contributed by atoms with Crippen LogP contribution in [0.4, 0.5) is 0 Å². The molecule has 0 unspecified atom stereocenters. The van der Waals surface area contributed by atoms with Gasteiger partial charge in [0.15, 0.2) is 23.0 Å². The van der Waals surface area contributed by atoms with Gasteiger partial charge in [-0.2, -0.15) is 0 Å². The molecule has 0 saturated heterocycles. The molecule has 0 amide bonds. The highest BCUT2D eigenvalue weighted by molar-refractivity contribution is 5.55. The van der Waals surface area contributed by atoms with Crippen molar-refractivity contribution in [3.8, 4) is 23.0 Å². The van der Waals surface area contributed by atoms with Crippen molar-refractivity contribution in [2.45, 2.75) is 24.9 Å². The second-order valence-electron chi connectivity index (χ2n) is 6.92. The second kappa shape index (κ2) is 6.40. The van der Waals surface area contributed by atoms with Gasteiger partial charge < -0.3 is 18.9 Å². The Balaban J connectivity index is 1.84. The van der Waals surface area contributed by atoms with Crippen LogP contribution in [0, 0.1) is 0 Å². The summed E-state index contributed by atoms with van der Waals surface area (Å²) >= 11 is 0. The van der Waals surface area contributed by atoms with E-state index in [1.807, 2.05) is 0 Å². The van der Waals surface area contributed by atoms with Crippen molar-refractivity contribution in [1.82, 2.24) is 4.90 Å². The number of nitrogens with zero attached hydrogens (tertiary/aromatic N) is 1. The van der Waals surface area contributed by atoms with E-state index in [4.69, 9.17) is 18.9 Å². The molecule has 2 atom stereocenters. The molecule has 26 heavy (non-hydrogen) atoms. The van der Waals surface area contributed by atoms with Gasteiger partial charge in [-0.05, 0) is 66.4 Å². The van der Waals surface area contributed by atoms with Crippen LogP contribution in [0.25, 0.3) is 0 Å². The summed E-state index contributed by atoms with van der Waals surface area (Å²) in [7, 11) is 8.95. The van der Waals surface area contributed by atoms with Crippen LogP contribution in [0.15, 0.2) is 24.3 Å². The van der Waals surface area contributed by atoms with Crippen LogP contribution >= 0.6 is 0 Å². The Labute approximate surface area is 154 Å². The normalized spacial score (nSPS) is 20.8. The van der Waals surface area contributed by atoms with E-state index in [9.17, 15) is 0 Å². The van der Waals surface area contributed by atoms with E-state index in [2.05, 4.69) is 36.2 Å². The number of ether oxygens (including phenoxy) is 4. The van der Waals surface area contributed by atoms with Crippen molar-refractivity contribution in [2.24, 2.45) is 0 Å². The van der Waals surface area contributed by atoms with Gasteiger partial charge in [0, 0.05) is 12.1 Å². The monoisotopic (exact) mass is 355 g/mol. The van der Waals surface area contributed by atoms with Crippen molar-refractivity contribution >= 4 is 0 Å². The van der Waals surface area contributed by atoms with Gasteiger partial charge in [0.05, 0.1) is 28.4 Å². The summed E-state index contributed by atoms with van der Waals surface area (Å²) in [6.45, 7) is 0. The Morgan fingerprint density at radius 1 is 0.654 bits per heavy atom. The highest BCUT2D eigenvalue weighted by Gasteiger charge is 2.39. The summed E-state index contributed by atoms with van der Waals surface area (Å²) in [6, 6.07) is 9.16. The number of methoxy groups -OCH3 is 4. The van der Waals surface area contributed by atoms with E-state index in [1.165, 1.54) is 22.3 Å². The maximum Gasteiger partial charge on any atom is 0.161 e. The van der Waals surface area contributed by atoms with Crippen molar-refractivity contribution in [3.63, 3.8) is 0 Å². The number of fused-ring (bicyclic) bond motifs is 6. The molecule has 4 rings (SSSR count). The maximum absolute atomic E-state index is 5.53. The van der Waals surface area contributed by atoms with Crippen molar-refractivity contribution < 1.29 is 18.9 Å². The van der Waals surface area contributed by atoms with Crippen LogP contribution < -0.4 is 18.9 Å². The minimum Gasteiger partial charge on any atom is -0.493 e. The molecule has 138 valence electrons. The van der Waals surface area contributed by atoms with Crippen LogP contribution in [0.1, 0.15) is 34.3 Å². The topological polar surface area (TPSA) is 40.2 Å². The third-order valence-corrected chi connectivity index (χ3v) is 5.82. The molecule has 2 bridgehead atoms. The molecule has 5 heteroatoms. The molecule has 5 nitrogen and oxygen atoms in total. The van der Waals surface area contributed by atoms with E-state index < -0.39 is 0 Å². The third kappa shape index (κ3) is 2.42. The number of hydrogen-bond donors (Lipinski definition) is 0. The zero-order chi connectivity index (χ0) is 18.4. The minimum atomic E-state index is 0.314. The average molecular weight is 355 g/mol. The molecule has 2 aromatic rings. The molecule has 2 aromatic carbocycles. The number of benzene rings is 2. The Morgan fingerprint density at radius 3 is 1.35 bits per heavy atom. The van der Waals surface area contributed by atoms with Gasteiger partial charge in [0.25, 0.3) is 0 Å². The van der Waals surface area contributed by atoms with Gasteiger partial charge in [-0.25, -0.2) is 0 Å². The van der Waals surface area contributed by atoms with Crippen molar-refractivity contribution in [3.05, 3.63) is 46.5 Å². The Morgan fingerprint density at radius 2 is 1.00 bits per heavy atom. The second-order valence-corrected chi connectivity index (χ2v) is 6.92. The van der Waals surface area contributed by atoms with Crippen molar-refractivity contribution in [1.29, 1.82) is 0 Å². The van der Waals surface area contributed by atoms with Gasteiger partial charge in [-0.15, -0.1) is 0 Å². The first-order valence-electron chi connectivity index (χ1n) is 8.82. The fraction of sp³-hybridized carbons (Fsp3) is 0.429. The lowest BCUT2D eigenvalue weighted by molar-refractivity contribution is 0.137. The van der Waals surface area contributed by atoms with Crippen LogP contribution in [-0.4, -0.2) is 40.4 Å². The smallest absolute Gasteiger partial charge is 0.161 e. The summed E-state index contributed by atoms with van der Waals surface area (Å²) in [6.07, 6.45) is 1.87. The SMILES string of the molecule is COc1cc2c(cc1OC)[C@@H]1Cc3cc(OC)c(OC)cc3[C@H](C2)N1C. The lowest BCUT2D eigenvalue weighted by Gasteiger charge is -2.46. The minimum absolute atomic E-state index is 0.314. The lowest BCUT2D eigenvalue weighted by Crippen LogP contribution is -2.40. The zero-order valence-corrected chi connectivity index (χ0v) is 16.0. The van der Waals surface area contributed by atoms with Gasteiger partial charge >= 0.3 is 0 Å². The standard InChI is InChI=1S/C21H25NO4/c1-22-16-6-12-8-18(23-2)20(25-4)10-14(12)17(22)7-13-9-19(24-3)21(26-5)11-15(13)16/h8-11,16-17H,6-7H2,1-5H3/t16-,17-/m0/s1. The molecule has 0 N–H and O–H groups in total. The first-order valence-corrected chi connectivity index (χ1v) is 8.82. The largest absolute Gasteiger partial charge is 0.493 e. The van der Waals surface area contributed by atoms with E-state index >= 15 is 0 Å². The average Bonchev–Trinajstić information content (AvgIpc) is 2.67. The molecule has 2 aliphatic rings. The highest BCUT2D eigenvalue weighted by atomic mass is 16.5. The summed E-state index contributed by atoms with van der Waals surface area (Å²) in [5.41, 5.74) is 5.30. The van der Waals surface area contributed by atoms with Crippen LogP contribution in [-0.2, 0) is 12.8 Å². The maximum atomic E-state index is 5.53. The first kappa shape index (κ1) is 17.0. The molecule has 0 radical (unpaired) electrons. The predicted molar refractivity (Wildman–Crippen MR) is 99.7 cm³/mol. The highest BCUT2D eigenvalue weighted by Crippen LogP contribution is 2.50. The van der Waals surface area contributed by atoms with E-state index in [0.29, 0.717) is 12.1 Å². The fourth-order valence-electron chi connectivity index (χ4n) is 4.43. The quantitative estimate of drug-likeness (QED) is 0.839. The molecule has 2 aliphatic heterocycles. The molecule has 0 saturated carbocycles. The Hall–Kier alpha value is -2.40. The van der Waals surface area contributed by atoms with Crippen molar-refractivity contribution in [2.75, 3.05) is 35.5 Å². The molecular weight excluding hydrogens is 330 g/mol. The predicted octanol–water partition coefficient (Wildman–Crippen LogP) is 3.55. The van der Waals surface area contributed by atoms with Gasteiger partial charge in [0.2, 0.25) is 0 Å². The van der Waals surface area contributed by atoms with E-state index in [-0.39, 0.29) is 0 Å². The summed E-state index contributed by atoms with van der Waals surface area (Å²) < 4.78 is 22.1. The number of likely N-dealkylation sites (N-methyl/N-ethyl adjacent to an activating group) is 1. The summed E-state index contributed by atoms with van der Waals surface area (Å²) in [4.78, 5) is 2.46. The van der Waals surface area contributed by atoms with Crippen LogP contribution in [0.5, 0.6) is 23.0 Å².